The van der Waals surface area contributed by atoms with Crippen molar-refractivity contribution in [2.24, 2.45) is 0 Å². The van der Waals surface area contributed by atoms with E-state index >= 15 is 0 Å². The molecule has 0 saturated heterocycles. The molecule has 0 N–H and O–H groups in total. The normalized spacial score (nSPS) is 10.8. The Kier molecular flexibility index (Phi) is 7.20. The lowest BCUT2D eigenvalue weighted by atomic mass is 10.1. The Bertz CT molecular complexity index is 1190. The number of amides is 1. The maximum Gasteiger partial charge on any atom is 0.255 e. The van der Waals surface area contributed by atoms with Crippen molar-refractivity contribution in [3.8, 4) is 11.4 Å². The SMILES string of the molecule is O=C(c1ccccc1Cl)N(CCc1ccccc1)CCc1nc(-c2cccc(Cl)c2)no1. The molecule has 162 valence electrons. The molecule has 3 aromatic carbocycles. The summed E-state index contributed by atoms with van der Waals surface area (Å²) in [6, 6.07) is 24.4. The number of benzene rings is 3. The lowest BCUT2D eigenvalue weighted by Crippen LogP contribution is -2.35. The van der Waals surface area contributed by atoms with Crippen LogP contribution in [-0.4, -0.2) is 34.0 Å². The quantitative estimate of drug-likeness (QED) is 0.321. The average molecular weight is 466 g/mol. The van der Waals surface area contributed by atoms with Crippen LogP contribution in [0.3, 0.4) is 0 Å². The molecule has 0 bridgehead atoms. The van der Waals surface area contributed by atoms with Crippen LogP contribution in [-0.2, 0) is 12.8 Å². The van der Waals surface area contributed by atoms with Crippen LogP contribution in [0.25, 0.3) is 11.4 Å². The summed E-state index contributed by atoms with van der Waals surface area (Å²) in [5, 5.41) is 5.08. The first kappa shape index (κ1) is 22.1. The van der Waals surface area contributed by atoms with E-state index in [1.54, 1.807) is 29.2 Å². The predicted octanol–water partition coefficient (Wildman–Crippen LogP) is 5.97. The van der Waals surface area contributed by atoms with Crippen molar-refractivity contribution >= 4 is 29.1 Å². The number of aromatic nitrogens is 2. The van der Waals surface area contributed by atoms with Gasteiger partial charge in [0.2, 0.25) is 11.7 Å². The van der Waals surface area contributed by atoms with Gasteiger partial charge in [0.25, 0.3) is 5.91 Å². The van der Waals surface area contributed by atoms with Gasteiger partial charge in [0.05, 0.1) is 10.6 Å². The standard InChI is InChI=1S/C25H21Cl2N3O2/c26-20-10-6-9-19(17-20)24-28-23(32-29-24)14-16-30(15-13-18-7-2-1-3-8-18)25(31)21-11-4-5-12-22(21)27/h1-12,17H,13-16H2. The van der Waals surface area contributed by atoms with Crippen LogP contribution in [0.5, 0.6) is 0 Å². The highest BCUT2D eigenvalue weighted by Crippen LogP contribution is 2.21. The largest absolute Gasteiger partial charge is 0.339 e. The molecule has 0 spiro atoms. The van der Waals surface area contributed by atoms with Gasteiger partial charge in [-0.25, -0.2) is 0 Å². The Morgan fingerprint density at radius 1 is 0.875 bits per heavy atom. The van der Waals surface area contributed by atoms with Crippen LogP contribution < -0.4 is 0 Å². The van der Waals surface area contributed by atoms with E-state index in [-0.39, 0.29) is 5.91 Å². The average Bonchev–Trinajstić information content (AvgIpc) is 3.29. The molecule has 0 atom stereocenters. The van der Waals surface area contributed by atoms with Gasteiger partial charge in [0.1, 0.15) is 0 Å². The summed E-state index contributed by atoms with van der Waals surface area (Å²) in [4.78, 5) is 19.5. The van der Waals surface area contributed by atoms with Crippen molar-refractivity contribution in [1.82, 2.24) is 15.0 Å². The number of carbonyl (C=O) groups excluding carboxylic acids is 1. The lowest BCUT2D eigenvalue weighted by molar-refractivity contribution is 0.0756. The van der Waals surface area contributed by atoms with Gasteiger partial charge in [0, 0.05) is 30.1 Å². The molecule has 0 aliphatic heterocycles. The molecule has 0 radical (unpaired) electrons. The first-order valence-electron chi connectivity index (χ1n) is 10.3. The Morgan fingerprint density at radius 2 is 1.62 bits per heavy atom. The van der Waals surface area contributed by atoms with Crippen LogP contribution in [0.4, 0.5) is 0 Å². The van der Waals surface area contributed by atoms with E-state index in [1.165, 1.54) is 0 Å². The monoisotopic (exact) mass is 465 g/mol. The smallest absolute Gasteiger partial charge is 0.255 e. The molecule has 0 saturated carbocycles. The van der Waals surface area contributed by atoms with E-state index in [1.807, 2.05) is 54.6 Å². The second-order valence-corrected chi connectivity index (χ2v) is 8.12. The predicted molar refractivity (Wildman–Crippen MR) is 126 cm³/mol. The molecule has 0 fully saturated rings. The van der Waals surface area contributed by atoms with Crippen LogP contribution in [0.15, 0.2) is 83.4 Å². The van der Waals surface area contributed by atoms with Gasteiger partial charge >= 0.3 is 0 Å². The fourth-order valence-corrected chi connectivity index (χ4v) is 3.77. The van der Waals surface area contributed by atoms with E-state index in [4.69, 9.17) is 27.7 Å². The topological polar surface area (TPSA) is 59.2 Å². The van der Waals surface area contributed by atoms with Gasteiger partial charge in [0.15, 0.2) is 0 Å². The third kappa shape index (κ3) is 5.55. The minimum absolute atomic E-state index is 0.124. The van der Waals surface area contributed by atoms with Crippen LogP contribution in [0.1, 0.15) is 21.8 Å². The summed E-state index contributed by atoms with van der Waals surface area (Å²) in [5.41, 5.74) is 2.42. The second-order valence-electron chi connectivity index (χ2n) is 7.28. The maximum absolute atomic E-state index is 13.2. The first-order chi connectivity index (χ1) is 15.6. The highest BCUT2D eigenvalue weighted by atomic mass is 35.5. The van der Waals surface area contributed by atoms with Gasteiger partial charge in [-0.15, -0.1) is 0 Å². The minimum atomic E-state index is -0.124. The molecule has 1 aromatic heterocycles. The zero-order valence-electron chi connectivity index (χ0n) is 17.2. The van der Waals surface area contributed by atoms with Crippen LogP contribution in [0, 0.1) is 0 Å². The molecule has 4 aromatic rings. The minimum Gasteiger partial charge on any atom is -0.339 e. The molecule has 0 aliphatic rings. The maximum atomic E-state index is 13.2. The Labute approximate surface area is 196 Å². The Balaban J connectivity index is 1.48. The summed E-state index contributed by atoms with van der Waals surface area (Å²) in [7, 11) is 0. The molecule has 4 rings (SSSR count). The Hall–Kier alpha value is -3.15. The van der Waals surface area contributed by atoms with Crippen molar-refractivity contribution in [2.75, 3.05) is 13.1 Å². The Morgan fingerprint density at radius 3 is 2.41 bits per heavy atom. The molecule has 5 nitrogen and oxygen atoms in total. The van der Waals surface area contributed by atoms with Gasteiger partial charge in [-0.1, -0.05) is 83.0 Å². The van der Waals surface area contributed by atoms with Crippen molar-refractivity contribution in [3.05, 3.63) is 106 Å². The number of carbonyl (C=O) groups is 1. The highest BCUT2D eigenvalue weighted by molar-refractivity contribution is 6.33. The summed E-state index contributed by atoms with van der Waals surface area (Å²) in [6.45, 7) is 0.970. The molecule has 0 unspecified atom stereocenters. The molecule has 1 amide bonds. The summed E-state index contributed by atoms with van der Waals surface area (Å²) in [6.07, 6.45) is 1.16. The van der Waals surface area contributed by atoms with Gasteiger partial charge in [-0.05, 0) is 36.2 Å². The van der Waals surface area contributed by atoms with Crippen molar-refractivity contribution in [2.45, 2.75) is 12.8 Å². The number of hydrogen-bond donors (Lipinski definition) is 0. The lowest BCUT2D eigenvalue weighted by Gasteiger charge is -2.23. The van der Waals surface area contributed by atoms with Crippen molar-refractivity contribution in [3.63, 3.8) is 0 Å². The van der Waals surface area contributed by atoms with Crippen LogP contribution in [0.2, 0.25) is 10.0 Å². The highest BCUT2D eigenvalue weighted by Gasteiger charge is 2.19. The third-order valence-electron chi connectivity index (χ3n) is 5.05. The second kappa shape index (κ2) is 10.4. The van der Waals surface area contributed by atoms with Gasteiger partial charge in [-0.2, -0.15) is 4.98 Å². The van der Waals surface area contributed by atoms with E-state index in [9.17, 15) is 4.79 Å². The number of hydrogen-bond acceptors (Lipinski definition) is 4. The van der Waals surface area contributed by atoms with E-state index in [0.29, 0.717) is 46.8 Å². The number of halogens is 2. The fraction of sp³-hybridized carbons (Fsp3) is 0.160. The van der Waals surface area contributed by atoms with Gasteiger partial charge < -0.3 is 9.42 Å². The molecular weight excluding hydrogens is 445 g/mol. The molecule has 7 heteroatoms. The van der Waals surface area contributed by atoms with Crippen molar-refractivity contribution < 1.29 is 9.32 Å². The van der Waals surface area contributed by atoms with Crippen molar-refractivity contribution in [1.29, 1.82) is 0 Å². The molecule has 0 aliphatic carbocycles. The molecular formula is C25H21Cl2N3O2. The van der Waals surface area contributed by atoms with Crippen LogP contribution >= 0.6 is 23.2 Å². The summed E-state index contributed by atoms with van der Waals surface area (Å²) >= 11 is 12.3. The van der Waals surface area contributed by atoms with E-state index in [2.05, 4.69) is 10.1 Å². The zero-order chi connectivity index (χ0) is 22.3. The van der Waals surface area contributed by atoms with E-state index in [0.717, 1.165) is 17.5 Å². The zero-order valence-corrected chi connectivity index (χ0v) is 18.8. The molecule has 32 heavy (non-hydrogen) atoms. The number of rotatable bonds is 8. The first-order valence-corrected chi connectivity index (χ1v) is 11.0. The fourth-order valence-electron chi connectivity index (χ4n) is 3.36. The summed E-state index contributed by atoms with van der Waals surface area (Å²) in [5.74, 6) is 0.800. The van der Waals surface area contributed by atoms with E-state index < -0.39 is 0 Å². The summed E-state index contributed by atoms with van der Waals surface area (Å²) < 4.78 is 5.41. The molecule has 1 heterocycles. The van der Waals surface area contributed by atoms with Gasteiger partial charge in [-0.3, -0.25) is 4.79 Å². The third-order valence-corrected chi connectivity index (χ3v) is 5.62. The number of nitrogens with zero attached hydrogens (tertiary/aromatic N) is 3.